The summed E-state index contributed by atoms with van der Waals surface area (Å²) in [6, 6.07) is 0. The van der Waals surface area contributed by atoms with Gasteiger partial charge < -0.3 is 55.5 Å². The van der Waals surface area contributed by atoms with Crippen LogP contribution in [0.5, 0.6) is 0 Å². The summed E-state index contributed by atoms with van der Waals surface area (Å²) in [6.07, 6.45) is -1.97. The van der Waals surface area contributed by atoms with Crippen LogP contribution in [0.4, 0.5) is 0 Å². The molecule has 0 bridgehead atoms. The Morgan fingerprint density at radius 1 is 0.621 bits per heavy atom. The molecule has 6 atom stereocenters. The number of hydrogen-bond donors (Lipinski definition) is 9. The zero-order valence-electron chi connectivity index (χ0n) is 16.8. The van der Waals surface area contributed by atoms with E-state index < -0.39 is 49.8 Å². The first-order chi connectivity index (χ1) is 13.7. The molecule has 0 aliphatic carbocycles. The molecule has 0 aromatic heterocycles. The van der Waals surface area contributed by atoms with Crippen LogP contribution < -0.4 is 0 Å². The summed E-state index contributed by atoms with van der Waals surface area (Å²) in [7, 11) is 0. The minimum absolute atomic E-state index is 0.0258. The Kier molecular flexibility index (Phi) is 26.2. The summed E-state index contributed by atoms with van der Waals surface area (Å²) < 4.78 is 0. The second-order valence-corrected chi connectivity index (χ2v) is 6.23. The second-order valence-electron chi connectivity index (χ2n) is 6.23. The van der Waals surface area contributed by atoms with Crippen molar-refractivity contribution in [3.63, 3.8) is 0 Å². The molecule has 0 aromatic carbocycles. The van der Waals surface area contributed by atoms with E-state index in [-0.39, 0.29) is 12.6 Å². The molecule has 0 spiro atoms. The fourth-order valence-corrected chi connectivity index (χ4v) is 1.71. The van der Waals surface area contributed by atoms with Gasteiger partial charge in [0.15, 0.2) is 12.6 Å². The molecule has 0 fully saturated rings. The number of unbranched alkanes of at least 4 members (excludes halogenated alkanes) is 5. The van der Waals surface area contributed by atoms with Gasteiger partial charge in [-0.1, -0.05) is 39.0 Å². The van der Waals surface area contributed by atoms with E-state index in [1.54, 1.807) is 0 Å². The van der Waals surface area contributed by atoms with E-state index in [0.717, 1.165) is 6.42 Å². The zero-order chi connectivity index (χ0) is 23.2. The SMILES string of the molecule is CCCCCCCCO.O=CC(O)C(O)C(O)C(O)CO.O=CC(O)C(O)CO. The summed E-state index contributed by atoms with van der Waals surface area (Å²) in [4.78, 5) is 19.5. The molecule has 0 amide bonds. The van der Waals surface area contributed by atoms with E-state index in [1.165, 1.54) is 32.1 Å². The molecule has 6 unspecified atom stereocenters. The molecular weight excluding hydrogens is 392 g/mol. The first-order valence-electron chi connectivity index (χ1n) is 9.49. The molecule has 0 heterocycles. The molecule has 0 aromatic rings. The monoisotopic (exact) mass is 430 g/mol. The van der Waals surface area contributed by atoms with Gasteiger partial charge in [-0.25, -0.2) is 0 Å². The van der Waals surface area contributed by atoms with Gasteiger partial charge in [-0.05, 0) is 6.42 Å². The quantitative estimate of drug-likeness (QED) is 0.0990. The third-order valence-electron chi connectivity index (χ3n) is 3.65. The maximum atomic E-state index is 9.90. The first-order valence-corrected chi connectivity index (χ1v) is 9.49. The van der Waals surface area contributed by atoms with Gasteiger partial charge in [-0.2, -0.15) is 0 Å². The lowest BCUT2D eigenvalue weighted by atomic mass is 10.0. The number of carbonyl (C=O) groups excluding carboxylic acids is 2. The van der Waals surface area contributed by atoms with Crippen LogP contribution in [-0.4, -0.2) is 115 Å². The van der Waals surface area contributed by atoms with Gasteiger partial charge >= 0.3 is 0 Å². The predicted molar refractivity (Wildman–Crippen MR) is 103 cm³/mol. The van der Waals surface area contributed by atoms with Crippen LogP contribution in [0.15, 0.2) is 0 Å². The molecule has 0 rings (SSSR count). The predicted octanol–water partition coefficient (Wildman–Crippen LogP) is -3.14. The van der Waals surface area contributed by atoms with E-state index in [0.29, 0.717) is 6.61 Å². The molecule has 0 saturated heterocycles. The molecular formula is C18H38O11. The third-order valence-corrected chi connectivity index (χ3v) is 3.65. The van der Waals surface area contributed by atoms with E-state index in [9.17, 15) is 9.59 Å². The fraction of sp³-hybridized carbons (Fsp3) is 0.889. The van der Waals surface area contributed by atoms with Crippen LogP contribution in [0.25, 0.3) is 0 Å². The number of hydrogen-bond acceptors (Lipinski definition) is 11. The summed E-state index contributed by atoms with van der Waals surface area (Å²) in [5, 5.41) is 76.8. The Morgan fingerprint density at radius 2 is 1.07 bits per heavy atom. The number of rotatable bonds is 14. The van der Waals surface area contributed by atoms with Crippen LogP contribution in [0.3, 0.4) is 0 Å². The minimum Gasteiger partial charge on any atom is -0.396 e. The van der Waals surface area contributed by atoms with Crippen molar-refractivity contribution < 1.29 is 55.5 Å². The van der Waals surface area contributed by atoms with Crippen molar-refractivity contribution in [1.29, 1.82) is 0 Å². The Bertz CT molecular complexity index is 351. The number of aliphatic hydroxyl groups is 9. The zero-order valence-corrected chi connectivity index (χ0v) is 16.8. The highest BCUT2D eigenvalue weighted by Crippen LogP contribution is 2.04. The minimum atomic E-state index is -1.79. The maximum absolute atomic E-state index is 9.90. The Morgan fingerprint density at radius 3 is 1.41 bits per heavy atom. The van der Waals surface area contributed by atoms with Crippen molar-refractivity contribution in [2.75, 3.05) is 19.8 Å². The van der Waals surface area contributed by atoms with Gasteiger partial charge in [0.25, 0.3) is 0 Å². The molecule has 11 heteroatoms. The average molecular weight is 430 g/mol. The van der Waals surface area contributed by atoms with Crippen LogP contribution in [-0.2, 0) is 9.59 Å². The second kappa shape index (κ2) is 23.3. The van der Waals surface area contributed by atoms with Crippen LogP contribution in [0, 0.1) is 0 Å². The lowest BCUT2D eigenvalue weighted by Crippen LogP contribution is -2.46. The lowest BCUT2D eigenvalue weighted by molar-refractivity contribution is -0.136. The van der Waals surface area contributed by atoms with Crippen molar-refractivity contribution >= 4 is 12.6 Å². The van der Waals surface area contributed by atoms with Crippen molar-refractivity contribution in [1.82, 2.24) is 0 Å². The van der Waals surface area contributed by atoms with Crippen molar-refractivity contribution in [2.24, 2.45) is 0 Å². The van der Waals surface area contributed by atoms with Gasteiger partial charge in [0.2, 0.25) is 0 Å². The van der Waals surface area contributed by atoms with Gasteiger partial charge in [0.1, 0.15) is 36.6 Å². The van der Waals surface area contributed by atoms with Crippen molar-refractivity contribution in [2.45, 2.75) is 82.1 Å². The standard InChI is InChI=1S/C8H18O.C6H12O6.C4H8O4/c1-2-3-4-5-6-7-8-9;7-1-3(9)5(11)6(12)4(10)2-8;5-1-3(7)4(8)2-6/h9H,2-8H2,1H3;1,3-6,8-12H,2H2;1,3-4,6-8H,2H2. The molecule has 9 N–H and O–H groups in total. The molecule has 0 radical (unpaired) electrons. The Hall–Kier alpha value is -1.02. The van der Waals surface area contributed by atoms with Crippen LogP contribution in [0.1, 0.15) is 45.4 Å². The third kappa shape index (κ3) is 20.0. The van der Waals surface area contributed by atoms with E-state index in [1.807, 2.05) is 0 Å². The van der Waals surface area contributed by atoms with Crippen LogP contribution >= 0.6 is 0 Å². The van der Waals surface area contributed by atoms with E-state index in [4.69, 9.17) is 46.0 Å². The van der Waals surface area contributed by atoms with Gasteiger partial charge in [-0.15, -0.1) is 0 Å². The molecule has 29 heavy (non-hydrogen) atoms. The highest BCUT2D eigenvalue weighted by Gasteiger charge is 2.29. The Balaban J connectivity index is -0.000000359. The van der Waals surface area contributed by atoms with Gasteiger partial charge in [0.05, 0.1) is 13.2 Å². The molecule has 0 saturated carbocycles. The summed E-state index contributed by atoms with van der Waals surface area (Å²) in [5.41, 5.74) is 0. The number of aldehydes is 2. The smallest absolute Gasteiger partial charge is 0.151 e. The summed E-state index contributed by atoms with van der Waals surface area (Å²) in [6.45, 7) is 1.22. The number of carbonyl (C=O) groups is 2. The van der Waals surface area contributed by atoms with Crippen molar-refractivity contribution in [3.05, 3.63) is 0 Å². The first kappa shape index (κ1) is 32.6. The topological polar surface area (TPSA) is 216 Å². The highest BCUT2D eigenvalue weighted by molar-refractivity contribution is 5.56. The fourth-order valence-electron chi connectivity index (χ4n) is 1.71. The largest absolute Gasteiger partial charge is 0.396 e. The normalized spacial score (nSPS) is 16.6. The summed E-state index contributed by atoms with van der Waals surface area (Å²) in [5.74, 6) is 0. The molecule has 0 aliphatic heterocycles. The molecule has 11 nitrogen and oxygen atoms in total. The maximum Gasteiger partial charge on any atom is 0.151 e. The average Bonchev–Trinajstić information content (AvgIpc) is 2.76. The Labute approximate surface area is 170 Å². The summed E-state index contributed by atoms with van der Waals surface area (Å²) >= 11 is 0. The van der Waals surface area contributed by atoms with Gasteiger partial charge in [0, 0.05) is 6.61 Å². The van der Waals surface area contributed by atoms with E-state index >= 15 is 0 Å². The molecule has 176 valence electrons. The van der Waals surface area contributed by atoms with E-state index in [2.05, 4.69) is 6.92 Å². The highest BCUT2D eigenvalue weighted by atomic mass is 16.4. The number of aliphatic hydroxyl groups excluding tert-OH is 9. The van der Waals surface area contributed by atoms with Gasteiger partial charge in [-0.3, -0.25) is 0 Å². The van der Waals surface area contributed by atoms with Crippen molar-refractivity contribution in [3.8, 4) is 0 Å². The molecule has 0 aliphatic rings. The van der Waals surface area contributed by atoms with Crippen LogP contribution in [0.2, 0.25) is 0 Å². The lowest BCUT2D eigenvalue weighted by Gasteiger charge is -2.22.